The first-order chi connectivity index (χ1) is 15.1. The molecule has 0 fully saturated rings. The highest BCUT2D eigenvalue weighted by Gasteiger charge is 2.64. The molecule has 156 valence electrons. The van der Waals surface area contributed by atoms with Gasteiger partial charge in [0.1, 0.15) is 23.1 Å². The van der Waals surface area contributed by atoms with Crippen LogP contribution in [0, 0.1) is 5.92 Å². The highest BCUT2D eigenvalue weighted by atomic mass is 16.7. The summed E-state index contributed by atoms with van der Waals surface area (Å²) in [4.78, 5) is 32.7. The second kappa shape index (κ2) is 7.02. The topological polar surface area (TPSA) is 99.4 Å². The summed E-state index contributed by atoms with van der Waals surface area (Å²) in [5, 5.41) is 7.05. The maximum absolute atomic E-state index is 13.6. The normalized spacial score (nSPS) is 21.3. The number of furan rings is 1. The Balaban J connectivity index is 1.71. The number of carbonyl (C=O) groups is 2. The second-order valence-electron chi connectivity index (χ2n) is 7.14. The maximum atomic E-state index is 13.6. The van der Waals surface area contributed by atoms with E-state index in [4.69, 9.17) is 18.7 Å². The van der Waals surface area contributed by atoms with E-state index in [1.807, 2.05) is 0 Å². The number of nitrogens with one attached hydrogen (secondary N) is 1. The van der Waals surface area contributed by atoms with Crippen LogP contribution in [0.5, 0.6) is 11.5 Å². The van der Waals surface area contributed by atoms with Crippen LogP contribution >= 0.6 is 0 Å². The standard InChI is InChI=1S/C23H18N2O6/c1-28-13-9-10-14(18(12-13)29-2)20-19(21(26)17-8-5-11-30-17)23(31-25-20)15-6-3-4-7-16(15)24-22(23)27/h3-12,19H,1-2H3,(H,24,27)/t19-,23-/m0/s1. The molecule has 2 aromatic carbocycles. The highest BCUT2D eigenvalue weighted by molar-refractivity contribution is 6.24. The van der Waals surface area contributed by atoms with Gasteiger partial charge in [0.25, 0.3) is 11.5 Å². The molecular weight excluding hydrogens is 400 g/mol. The van der Waals surface area contributed by atoms with E-state index in [2.05, 4.69) is 10.5 Å². The number of fused-ring (bicyclic) bond motifs is 2. The van der Waals surface area contributed by atoms with Crippen LogP contribution in [-0.4, -0.2) is 31.6 Å². The molecule has 0 bridgehead atoms. The van der Waals surface area contributed by atoms with Gasteiger partial charge in [0.05, 0.1) is 20.5 Å². The number of hydrogen-bond acceptors (Lipinski definition) is 7. The molecule has 1 spiro atoms. The van der Waals surface area contributed by atoms with Crippen molar-refractivity contribution >= 4 is 23.1 Å². The average Bonchev–Trinajstić information content (AvgIpc) is 3.53. The number of amides is 1. The average molecular weight is 418 g/mol. The Morgan fingerprint density at radius 3 is 2.68 bits per heavy atom. The molecule has 8 nitrogen and oxygen atoms in total. The fraction of sp³-hybridized carbons (Fsp3) is 0.174. The Bertz CT molecular complexity index is 1220. The van der Waals surface area contributed by atoms with Gasteiger partial charge in [-0.1, -0.05) is 23.4 Å². The predicted molar refractivity (Wildman–Crippen MR) is 110 cm³/mol. The minimum absolute atomic E-state index is 0.104. The third-order valence-electron chi connectivity index (χ3n) is 5.59. The molecule has 2 aliphatic rings. The van der Waals surface area contributed by atoms with Crippen molar-refractivity contribution < 1.29 is 28.3 Å². The number of anilines is 1. The van der Waals surface area contributed by atoms with Gasteiger partial charge in [0.2, 0.25) is 5.78 Å². The number of carbonyl (C=O) groups excluding carboxylic acids is 2. The molecule has 1 aromatic heterocycles. The summed E-state index contributed by atoms with van der Waals surface area (Å²) in [5.74, 6) is -0.872. The quantitative estimate of drug-likeness (QED) is 0.638. The van der Waals surface area contributed by atoms with E-state index in [0.29, 0.717) is 28.3 Å². The minimum Gasteiger partial charge on any atom is -0.497 e. The van der Waals surface area contributed by atoms with Crippen LogP contribution in [0.15, 0.2) is 70.4 Å². The van der Waals surface area contributed by atoms with E-state index >= 15 is 0 Å². The van der Waals surface area contributed by atoms with Crippen LogP contribution in [-0.2, 0) is 15.2 Å². The Morgan fingerprint density at radius 2 is 1.94 bits per heavy atom. The summed E-state index contributed by atoms with van der Waals surface area (Å²) in [6.07, 6.45) is 1.41. The Morgan fingerprint density at radius 1 is 1.10 bits per heavy atom. The zero-order valence-corrected chi connectivity index (χ0v) is 16.7. The van der Waals surface area contributed by atoms with Gasteiger partial charge in [-0.05, 0) is 30.3 Å². The number of hydrogen-bond donors (Lipinski definition) is 1. The number of nitrogens with zero attached hydrogens (tertiary/aromatic N) is 1. The molecule has 5 rings (SSSR count). The number of ketones is 1. The monoisotopic (exact) mass is 418 g/mol. The zero-order valence-electron chi connectivity index (χ0n) is 16.7. The molecule has 2 atom stereocenters. The van der Waals surface area contributed by atoms with Crippen molar-refractivity contribution in [1.82, 2.24) is 0 Å². The number of oxime groups is 1. The van der Waals surface area contributed by atoms with Crippen molar-refractivity contribution in [1.29, 1.82) is 0 Å². The van der Waals surface area contributed by atoms with Crippen molar-refractivity contribution in [3.8, 4) is 11.5 Å². The van der Waals surface area contributed by atoms with E-state index < -0.39 is 23.2 Å². The molecule has 1 N–H and O–H groups in total. The summed E-state index contributed by atoms with van der Waals surface area (Å²) in [5.41, 5.74) is 0.245. The number of rotatable bonds is 5. The third kappa shape index (κ3) is 2.64. The van der Waals surface area contributed by atoms with Gasteiger partial charge in [-0.25, -0.2) is 0 Å². The largest absolute Gasteiger partial charge is 0.497 e. The number of ether oxygens (including phenoxy) is 2. The van der Waals surface area contributed by atoms with Gasteiger partial charge < -0.3 is 24.0 Å². The first-order valence-corrected chi connectivity index (χ1v) is 9.57. The molecule has 31 heavy (non-hydrogen) atoms. The molecule has 0 unspecified atom stereocenters. The lowest BCUT2D eigenvalue weighted by Crippen LogP contribution is -2.46. The second-order valence-corrected chi connectivity index (χ2v) is 7.14. The SMILES string of the molecule is COc1ccc(C2=NO[C@]3(C(=O)Nc4ccccc43)[C@@H]2C(=O)c2ccco2)c(OC)c1. The van der Waals surface area contributed by atoms with Crippen LogP contribution in [0.2, 0.25) is 0 Å². The van der Waals surface area contributed by atoms with Crippen LogP contribution in [0.3, 0.4) is 0 Å². The Kier molecular flexibility index (Phi) is 4.28. The molecule has 3 heterocycles. The maximum Gasteiger partial charge on any atom is 0.277 e. The molecule has 0 radical (unpaired) electrons. The lowest BCUT2D eigenvalue weighted by Gasteiger charge is -2.26. The lowest BCUT2D eigenvalue weighted by atomic mass is 9.75. The van der Waals surface area contributed by atoms with E-state index in [1.54, 1.807) is 61.7 Å². The van der Waals surface area contributed by atoms with E-state index in [-0.39, 0.29) is 11.5 Å². The summed E-state index contributed by atoms with van der Waals surface area (Å²) in [6, 6.07) is 15.4. The van der Waals surface area contributed by atoms with Gasteiger partial charge >= 0.3 is 0 Å². The molecule has 0 saturated carbocycles. The van der Waals surface area contributed by atoms with E-state index in [0.717, 1.165) is 0 Å². The van der Waals surface area contributed by atoms with Crippen LogP contribution < -0.4 is 14.8 Å². The summed E-state index contributed by atoms with van der Waals surface area (Å²) in [6.45, 7) is 0. The molecule has 2 aliphatic heterocycles. The fourth-order valence-electron chi connectivity index (χ4n) is 4.13. The van der Waals surface area contributed by atoms with Crippen LogP contribution in [0.25, 0.3) is 0 Å². The molecule has 0 saturated heterocycles. The fourth-order valence-corrected chi connectivity index (χ4v) is 4.13. The van der Waals surface area contributed by atoms with Gasteiger partial charge in [0, 0.05) is 22.9 Å². The smallest absolute Gasteiger partial charge is 0.277 e. The molecule has 0 aliphatic carbocycles. The lowest BCUT2D eigenvalue weighted by molar-refractivity contribution is -0.140. The molecule has 3 aromatic rings. The molecule has 1 amide bonds. The van der Waals surface area contributed by atoms with Gasteiger partial charge in [-0.2, -0.15) is 0 Å². The Labute approximate surface area is 177 Å². The van der Waals surface area contributed by atoms with Crippen LogP contribution in [0.1, 0.15) is 21.7 Å². The van der Waals surface area contributed by atoms with Crippen molar-refractivity contribution in [3.63, 3.8) is 0 Å². The van der Waals surface area contributed by atoms with Crippen molar-refractivity contribution in [2.45, 2.75) is 5.60 Å². The van der Waals surface area contributed by atoms with Gasteiger partial charge in [0.15, 0.2) is 5.76 Å². The number of para-hydroxylation sites is 1. The highest BCUT2D eigenvalue weighted by Crippen LogP contribution is 2.50. The first kappa shape index (κ1) is 18.9. The minimum atomic E-state index is -1.65. The zero-order chi connectivity index (χ0) is 21.6. The van der Waals surface area contributed by atoms with Gasteiger partial charge in [-0.3, -0.25) is 9.59 Å². The van der Waals surface area contributed by atoms with E-state index in [9.17, 15) is 9.59 Å². The van der Waals surface area contributed by atoms with Crippen molar-refractivity contribution in [2.75, 3.05) is 19.5 Å². The first-order valence-electron chi connectivity index (χ1n) is 9.57. The third-order valence-corrected chi connectivity index (χ3v) is 5.59. The van der Waals surface area contributed by atoms with Gasteiger partial charge in [-0.15, -0.1) is 0 Å². The van der Waals surface area contributed by atoms with E-state index in [1.165, 1.54) is 13.4 Å². The summed E-state index contributed by atoms with van der Waals surface area (Å²) < 4.78 is 16.1. The Hall–Kier alpha value is -4.07. The number of Topliss-reactive ketones (excluding diaryl/α,β-unsaturated/α-hetero) is 1. The number of methoxy groups -OCH3 is 2. The van der Waals surface area contributed by atoms with Crippen molar-refractivity contribution in [2.24, 2.45) is 11.1 Å². The van der Waals surface area contributed by atoms with Crippen molar-refractivity contribution in [3.05, 3.63) is 77.7 Å². The predicted octanol–water partition coefficient (Wildman–Crippen LogP) is 3.38. The summed E-state index contributed by atoms with van der Waals surface area (Å²) >= 11 is 0. The molecule has 8 heteroatoms. The summed E-state index contributed by atoms with van der Waals surface area (Å²) in [7, 11) is 3.05. The number of benzene rings is 2. The molecular formula is C23H18N2O6. The van der Waals surface area contributed by atoms with Crippen LogP contribution in [0.4, 0.5) is 5.69 Å².